The van der Waals surface area contributed by atoms with E-state index >= 15 is 0 Å². The Hall–Kier alpha value is -1.62. The maximum atomic E-state index is 5.49. The molecule has 1 aromatic heterocycles. The molecule has 0 aliphatic heterocycles. The Morgan fingerprint density at radius 3 is 2.69 bits per heavy atom. The molecule has 0 bridgehead atoms. The van der Waals surface area contributed by atoms with Gasteiger partial charge in [0.25, 0.3) is 0 Å². The van der Waals surface area contributed by atoms with Gasteiger partial charge >= 0.3 is 0 Å². The number of anilines is 2. The molecule has 16 heavy (non-hydrogen) atoms. The van der Waals surface area contributed by atoms with Crippen LogP contribution in [0.2, 0.25) is 0 Å². The van der Waals surface area contributed by atoms with Gasteiger partial charge in [-0.25, -0.2) is 9.97 Å². The van der Waals surface area contributed by atoms with E-state index in [9.17, 15) is 0 Å². The number of nitrogens with one attached hydrogen (secondary N) is 1. The van der Waals surface area contributed by atoms with Gasteiger partial charge in [0.2, 0.25) is 5.95 Å². The Labute approximate surface area is 102 Å². The normalized spacial score (nSPS) is 10.1. The molecule has 2 rings (SSSR count). The molecule has 0 saturated heterocycles. The van der Waals surface area contributed by atoms with Crippen LogP contribution in [0.25, 0.3) is 0 Å². The minimum Gasteiger partial charge on any atom is -0.396 e. The second-order valence-corrected chi connectivity index (χ2v) is 4.24. The Bertz CT molecular complexity index is 470. The number of aromatic nitrogens is 2. The first-order valence-electron chi connectivity index (χ1n) is 4.80. The van der Waals surface area contributed by atoms with Crippen molar-refractivity contribution in [2.45, 2.75) is 6.54 Å². The van der Waals surface area contributed by atoms with Crippen molar-refractivity contribution in [3.05, 3.63) is 46.7 Å². The van der Waals surface area contributed by atoms with Crippen molar-refractivity contribution in [3.8, 4) is 0 Å². The lowest BCUT2D eigenvalue weighted by atomic mass is 10.2. The van der Waals surface area contributed by atoms with Gasteiger partial charge in [-0.3, -0.25) is 0 Å². The third-order valence-corrected chi connectivity index (χ3v) is 2.50. The minimum absolute atomic E-state index is 0.563. The number of hydrogen-bond acceptors (Lipinski definition) is 4. The van der Waals surface area contributed by atoms with Crippen LogP contribution in [-0.4, -0.2) is 9.97 Å². The van der Waals surface area contributed by atoms with E-state index in [0.29, 0.717) is 18.2 Å². The van der Waals surface area contributed by atoms with E-state index in [1.807, 2.05) is 24.3 Å². The molecular formula is C11H11BrN4. The first-order valence-corrected chi connectivity index (χ1v) is 5.59. The summed E-state index contributed by atoms with van der Waals surface area (Å²) in [6, 6.07) is 8.06. The zero-order valence-electron chi connectivity index (χ0n) is 8.52. The number of hydrogen-bond donors (Lipinski definition) is 2. The van der Waals surface area contributed by atoms with E-state index in [1.54, 1.807) is 12.4 Å². The highest BCUT2D eigenvalue weighted by Gasteiger charge is 1.96. The van der Waals surface area contributed by atoms with Crippen LogP contribution < -0.4 is 11.1 Å². The lowest BCUT2D eigenvalue weighted by Gasteiger charge is -2.04. The molecule has 0 aliphatic carbocycles. The number of rotatable bonds is 3. The van der Waals surface area contributed by atoms with Crippen molar-refractivity contribution in [3.63, 3.8) is 0 Å². The highest BCUT2D eigenvalue weighted by atomic mass is 79.9. The van der Waals surface area contributed by atoms with Crippen molar-refractivity contribution in [2.24, 2.45) is 0 Å². The zero-order valence-corrected chi connectivity index (χ0v) is 10.1. The number of halogens is 1. The monoisotopic (exact) mass is 278 g/mol. The molecule has 0 spiro atoms. The van der Waals surface area contributed by atoms with Gasteiger partial charge in [-0.2, -0.15) is 0 Å². The van der Waals surface area contributed by atoms with Gasteiger partial charge in [-0.1, -0.05) is 28.1 Å². The summed E-state index contributed by atoms with van der Waals surface area (Å²) in [6.07, 6.45) is 3.16. The van der Waals surface area contributed by atoms with E-state index in [0.717, 1.165) is 10.0 Å². The van der Waals surface area contributed by atoms with E-state index < -0.39 is 0 Å². The summed E-state index contributed by atoms with van der Waals surface area (Å²) in [5, 5.41) is 3.12. The molecule has 1 aromatic carbocycles. The predicted molar refractivity (Wildman–Crippen MR) is 67.9 cm³/mol. The van der Waals surface area contributed by atoms with Gasteiger partial charge < -0.3 is 11.1 Å². The number of benzene rings is 1. The largest absolute Gasteiger partial charge is 0.396 e. The van der Waals surface area contributed by atoms with Crippen LogP contribution in [0.3, 0.4) is 0 Å². The standard InChI is InChI=1S/C11H11BrN4/c12-9-3-1-2-8(4-9)5-14-11-15-6-10(13)7-16-11/h1-4,6-7H,5,13H2,(H,14,15,16). The summed E-state index contributed by atoms with van der Waals surface area (Å²) in [4.78, 5) is 8.11. The van der Waals surface area contributed by atoms with Crippen molar-refractivity contribution in [1.82, 2.24) is 9.97 Å². The molecule has 0 saturated carbocycles. The number of nitrogens with two attached hydrogens (primary N) is 1. The zero-order chi connectivity index (χ0) is 11.4. The van der Waals surface area contributed by atoms with Gasteiger partial charge in [0.05, 0.1) is 18.1 Å². The van der Waals surface area contributed by atoms with Crippen molar-refractivity contribution >= 4 is 27.6 Å². The van der Waals surface area contributed by atoms with Gasteiger partial charge in [0.15, 0.2) is 0 Å². The summed E-state index contributed by atoms with van der Waals surface area (Å²) in [7, 11) is 0. The number of nitrogen functional groups attached to an aromatic ring is 1. The second-order valence-electron chi connectivity index (χ2n) is 3.32. The van der Waals surface area contributed by atoms with Gasteiger partial charge in [0.1, 0.15) is 0 Å². The van der Waals surface area contributed by atoms with Crippen molar-refractivity contribution in [2.75, 3.05) is 11.1 Å². The molecular weight excluding hydrogens is 268 g/mol. The average Bonchev–Trinajstić information content (AvgIpc) is 2.28. The van der Waals surface area contributed by atoms with Gasteiger partial charge in [-0.05, 0) is 17.7 Å². The van der Waals surface area contributed by atoms with E-state index in [-0.39, 0.29) is 0 Å². The van der Waals surface area contributed by atoms with Gasteiger partial charge in [-0.15, -0.1) is 0 Å². The molecule has 0 radical (unpaired) electrons. The van der Waals surface area contributed by atoms with Crippen LogP contribution in [0.5, 0.6) is 0 Å². The topological polar surface area (TPSA) is 63.8 Å². The molecule has 82 valence electrons. The molecule has 0 aliphatic rings. The molecule has 5 heteroatoms. The van der Waals surface area contributed by atoms with Gasteiger partial charge in [0, 0.05) is 11.0 Å². The van der Waals surface area contributed by atoms with Crippen molar-refractivity contribution < 1.29 is 0 Å². The first-order chi connectivity index (χ1) is 7.74. The fraction of sp³-hybridized carbons (Fsp3) is 0.0909. The fourth-order valence-electron chi connectivity index (χ4n) is 1.26. The second kappa shape index (κ2) is 4.94. The summed E-state index contributed by atoms with van der Waals surface area (Å²) in [6.45, 7) is 0.684. The van der Waals surface area contributed by atoms with Crippen LogP contribution in [0.4, 0.5) is 11.6 Å². The van der Waals surface area contributed by atoms with Crippen LogP contribution in [-0.2, 0) is 6.54 Å². The number of nitrogens with zero attached hydrogens (tertiary/aromatic N) is 2. The van der Waals surface area contributed by atoms with Crippen molar-refractivity contribution in [1.29, 1.82) is 0 Å². The smallest absolute Gasteiger partial charge is 0.222 e. The molecule has 3 N–H and O–H groups in total. The Balaban J connectivity index is 1.99. The maximum Gasteiger partial charge on any atom is 0.222 e. The third-order valence-electron chi connectivity index (χ3n) is 2.01. The maximum absolute atomic E-state index is 5.49. The lowest BCUT2D eigenvalue weighted by molar-refractivity contribution is 1.05. The van der Waals surface area contributed by atoms with Crippen LogP contribution in [0.15, 0.2) is 41.1 Å². The average molecular weight is 279 g/mol. The van der Waals surface area contributed by atoms with E-state index in [4.69, 9.17) is 5.73 Å². The lowest BCUT2D eigenvalue weighted by Crippen LogP contribution is -2.03. The summed E-state index contributed by atoms with van der Waals surface area (Å²) in [5.41, 5.74) is 7.22. The summed E-state index contributed by atoms with van der Waals surface area (Å²) in [5.74, 6) is 0.578. The predicted octanol–water partition coefficient (Wildman–Crippen LogP) is 2.43. The highest BCUT2D eigenvalue weighted by molar-refractivity contribution is 9.10. The Morgan fingerprint density at radius 2 is 2.00 bits per heavy atom. The van der Waals surface area contributed by atoms with Crippen LogP contribution >= 0.6 is 15.9 Å². The molecule has 0 atom stereocenters. The summed E-state index contributed by atoms with van der Waals surface area (Å²) >= 11 is 3.42. The molecule has 2 aromatic rings. The molecule has 1 heterocycles. The molecule has 0 amide bonds. The quantitative estimate of drug-likeness (QED) is 0.905. The Kier molecular flexibility index (Phi) is 3.36. The minimum atomic E-state index is 0.563. The fourth-order valence-corrected chi connectivity index (χ4v) is 1.70. The van der Waals surface area contributed by atoms with E-state index in [2.05, 4.69) is 31.2 Å². The molecule has 4 nitrogen and oxygen atoms in total. The SMILES string of the molecule is Nc1cnc(NCc2cccc(Br)c2)nc1. The Morgan fingerprint density at radius 1 is 1.25 bits per heavy atom. The van der Waals surface area contributed by atoms with E-state index in [1.165, 1.54) is 0 Å². The molecule has 0 fully saturated rings. The highest BCUT2D eigenvalue weighted by Crippen LogP contribution is 2.12. The third kappa shape index (κ3) is 2.93. The first kappa shape index (κ1) is 10.9. The van der Waals surface area contributed by atoms with Crippen LogP contribution in [0.1, 0.15) is 5.56 Å². The summed E-state index contributed by atoms with van der Waals surface area (Å²) < 4.78 is 1.06. The van der Waals surface area contributed by atoms with Crippen LogP contribution in [0, 0.1) is 0 Å². The molecule has 0 unspecified atom stereocenters.